The third-order valence-electron chi connectivity index (χ3n) is 4.19. The van der Waals surface area contributed by atoms with Crippen LogP contribution in [-0.4, -0.2) is 55.1 Å². The highest BCUT2D eigenvalue weighted by Crippen LogP contribution is 2.28. The van der Waals surface area contributed by atoms with Crippen molar-refractivity contribution >= 4 is 11.4 Å². The van der Waals surface area contributed by atoms with E-state index in [0.29, 0.717) is 6.04 Å². The molecule has 0 amide bonds. The molecule has 1 N–H and O–H groups in total. The van der Waals surface area contributed by atoms with Gasteiger partial charge >= 0.3 is 0 Å². The van der Waals surface area contributed by atoms with Gasteiger partial charge < -0.3 is 10.2 Å². The van der Waals surface area contributed by atoms with Crippen molar-refractivity contribution in [3.05, 3.63) is 33.9 Å². The zero-order chi connectivity index (χ0) is 14.8. The first-order chi connectivity index (χ1) is 10.2. The topological polar surface area (TPSA) is 85.4 Å². The smallest absolute Gasteiger partial charge is 0.287 e. The second-order valence-corrected chi connectivity index (χ2v) is 5.42. The van der Waals surface area contributed by atoms with Gasteiger partial charge in [0.15, 0.2) is 0 Å². The minimum absolute atomic E-state index is 0.125. The van der Waals surface area contributed by atoms with Crippen molar-refractivity contribution in [1.29, 1.82) is 5.26 Å². The molecule has 110 valence electrons. The fourth-order valence-electron chi connectivity index (χ4n) is 2.91. The highest BCUT2D eigenvalue weighted by molar-refractivity contribution is 5.61. The van der Waals surface area contributed by atoms with Crippen LogP contribution >= 0.6 is 0 Å². The summed E-state index contributed by atoms with van der Waals surface area (Å²) in [7, 11) is 0. The summed E-state index contributed by atoms with van der Waals surface area (Å²) < 4.78 is 0. The van der Waals surface area contributed by atoms with E-state index < -0.39 is 4.92 Å². The number of nitro groups is 1. The number of nitrogens with one attached hydrogen (secondary N) is 1. The van der Waals surface area contributed by atoms with E-state index >= 15 is 0 Å². The molecule has 0 saturated carbocycles. The van der Waals surface area contributed by atoms with E-state index in [9.17, 15) is 10.1 Å². The molecule has 0 radical (unpaired) electrons. The maximum absolute atomic E-state index is 10.8. The molecule has 2 aliphatic heterocycles. The average Bonchev–Trinajstić information content (AvgIpc) is 2.46. The Kier molecular flexibility index (Phi) is 3.73. The number of nitro benzene ring substituents is 1. The standard InChI is InChI=1S/C14H17N5O2/c15-8-11-7-12(1-2-14(11)19(20)21)18-9-13(10-18)17-5-3-16-4-6-17/h1-2,7,13,16H,3-6,9-10H2. The normalized spacial score (nSPS) is 19.9. The molecule has 0 spiro atoms. The molecule has 0 unspecified atom stereocenters. The first-order valence-electron chi connectivity index (χ1n) is 7.07. The monoisotopic (exact) mass is 287 g/mol. The first kappa shape index (κ1) is 13.8. The van der Waals surface area contributed by atoms with Crippen LogP contribution < -0.4 is 10.2 Å². The van der Waals surface area contributed by atoms with E-state index in [1.165, 1.54) is 6.07 Å². The predicted octanol–water partition coefficient (Wildman–Crippen LogP) is 0.560. The molecular formula is C14H17N5O2. The largest absolute Gasteiger partial charge is 0.368 e. The zero-order valence-electron chi connectivity index (χ0n) is 11.7. The van der Waals surface area contributed by atoms with Gasteiger partial charge in [0, 0.05) is 57.1 Å². The Bertz CT molecular complexity index is 586. The molecule has 21 heavy (non-hydrogen) atoms. The second kappa shape index (κ2) is 5.68. The van der Waals surface area contributed by atoms with Crippen LogP contribution in [0, 0.1) is 21.4 Å². The molecule has 3 rings (SSSR count). The summed E-state index contributed by atoms with van der Waals surface area (Å²) in [5.41, 5.74) is 0.895. The van der Waals surface area contributed by atoms with Gasteiger partial charge in [-0.2, -0.15) is 5.26 Å². The lowest BCUT2D eigenvalue weighted by molar-refractivity contribution is -0.385. The predicted molar refractivity (Wildman–Crippen MR) is 78.3 cm³/mol. The summed E-state index contributed by atoms with van der Waals surface area (Å²) in [6, 6.07) is 7.23. The van der Waals surface area contributed by atoms with Crippen LogP contribution in [0.5, 0.6) is 0 Å². The molecule has 0 aromatic heterocycles. The average molecular weight is 287 g/mol. The molecule has 0 atom stereocenters. The highest BCUT2D eigenvalue weighted by Gasteiger charge is 2.33. The first-order valence-corrected chi connectivity index (χ1v) is 7.07. The molecule has 1 aromatic rings. The number of piperazine rings is 1. The van der Waals surface area contributed by atoms with Crippen LogP contribution in [0.1, 0.15) is 5.56 Å². The molecule has 7 heteroatoms. The quantitative estimate of drug-likeness (QED) is 0.646. The van der Waals surface area contributed by atoms with Gasteiger partial charge in [-0.1, -0.05) is 0 Å². The van der Waals surface area contributed by atoms with Gasteiger partial charge in [-0.3, -0.25) is 15.0 Å². The summed E-state index contributed by atoms with van der Waals surface area (Å²) in [5, 5.41) is 23.2. The number of rotatable bonds is 3. The summed E-state index contributed by atoms with van der Waals surface area (Å²) >= 11 is 0. The van der Waals surface area contributed by atoms with Crippen molar-refractivity contribution in [3.8, 4) is 6.07 Å². The van der Waals surface area contributed by atoms with Crippen LogP contribution in [-0.2, 0) is 0 Å². The molecule has 0 aliphatic carbocycles. The maximum atomic E-state index is 10.8. The molecule has 2 aliphatic rings. The lowest BCUT2D eigenvalue weighted by atomic mass is 10.0. The summed E-state index contributed by atoms with van der Waals surface area (Å²) in [4.78, 5) is 15.0. The van der Waals surface area contributed by atoms with Crippen LogP contribution in [0.25, 0.3) is 0 Å². The van der Waals surface area contributed by atoms with Gasteiger partial charge in [-0.25, -0.2) is 0 Å². The Morgan fingerprint density at radius 2 is 2.05 bits per heavy atom. The van der Waals surface area contributed by atoms with Gasteiger partial charge in [-0.05, 0) is 12.1 Å². The molecule has 7 nitrogen and oxygen atoms in total. The zero-order valence-corrected chi connectivity index (χ0v) is 11.7. The Morgan fingerprint density at radius 3 is 2.67 bits per heavy atom. The molecule has 2 fully saturated rings. The lowest BCUT2D eigenvalue weighted by Gasteiger charge is -2.48. The molecule has 2 heterocycles. The summed E-state index contributed by atoms with van der Waals surface area (Å²) in [6.07, 6.45) is 0. The van der Waals surface area contributed by atoms with Crippen LogP contribution in [0.3, 0.4) is 0 Å². The van der Waals surface area contributed by atoms with Crippen molar-refractivity contribution in [3.63, 3.8) is 0 Å². The van der Waals surface area contributed by atoms with Gasteiger partial charge in [-0.15, -0.1) is 0 Å². The molecule has 0 bridgehead atoms. The van der Waals surface area contributed by atoms with E-state index in [2.05, 4.69) is 15.1 Å². The highest BCUT2D eigenvalue weighted by atomic mass is 16.6. The third kappa shape index (κ3) is 2.68. The van der Waals surface area contributed by atoms with Gasteiger partial charge in [0.25, 0.3) is 5.69 Å². The van der Waals surface area contributed by atoms with Crippen LogP contribution in [0.15, 0.2) is 18.2 Å². The Labute approximate surface area is 122 Å². The second-order valence-electron chi connectivity index (χ2n) is 5.42. The van der Waals surface area contributed by atoms with E-state index in [1.807, 2.05) is 6.07 Å². The third-order valence-corrected chi connectivity index (χ3v) is 4.19. The molecule has 2 saturated heterocycles. The number of hydrogen-bond donors (Lipinski definition) is 1. The fraction of sp³-hybridized carbons (Fsp3) is 0.500. The van der Waals surface area contributed by atoms with Crippen LogP contribution in [0.4, 0.5) is 11.4 Å². The van der Waals surface area contributed by atoms with Gasteiger partial charge in [0.05, 0.1) is 4.92 Å². The lowest BCUT2D eigenvalue weighted by Crippen LogP contribution is -2.62. The maximum Gasteiger partial charge on any atom is 0.287 e. The van der Waals surface area contributed by atoms with Gasteiger partial charge in [0.1, 0.15) is 11.6 Å². The summed E-state index contributed by atoms with van der Waals surface area (Å²) in [5.74, 6) is 0. The van der Waals surface area contributed by atoms with E-state index in [0.717, 1.165) is 45.0 Å². The summed E-state index contributed by atoms with van der Waals surface area (Å²) in [6.45, 7) is 6.05. The fourth-order valence-corrected chi connectivity index (χ4v) is 2.91. The SMILES string of the molecule is N#Cc1cc(N2CC(N3CCNCC3)C2)ccc1[N+](=O)[O-]. The minimum atomic E-state index is -0.512. The van der Waals surface area contributed by atoms with Crippen molar-refractivity contribution in [2.24, 2.45) is 0 Å². The molecular weight excluding hydrogens is 270 g/mol. The number of hydrogen-bond acceptors (Lipinski definition) is 6. The van der Waals surface area contributed by atoms with Crippen molar-refractivity contribution in [1.82, 2.24) is 10.2 Å². The van der Waals surface area contributed by atoms with Crippen LogP contribution in [0.2, 0.25) is 0 Å². The Balaban J connectivity index is 1.67. The van der Waals surface area contributed by atoms with Gasteiger partial charge in [0.2, 0.25) is 0 Å². The van der Waals surface area contributed by atoms with Crippen molar-refractivity contribution in [2.45, 2.75) is 6.04 Å². The Morgan fingerprint density at radius 1 is 1.33 bits per heavy atom. The number of benzene rings is 1. The van der Waals surface area contributed by atoms with E-state index in [1.54, 1.807) is 12.1 Å². The number of anilines is 1. The van der Waals surface area contributed by atoms with Crippen molar-refractivity contribution in [2.75, 3.05) is 44.2 Å². The number of nitriles is 1. The van der Waals surface area contributed by atoms with Crippen molar-refractivity contribution < 1.29 is 4.92 Å². The number of nitrogens with zero attached hydrogens (tertiary/aromatic N) is 4. The Hall–Kier alpha value is -2.17. The minimum Gasteiger partial charge on any atom is -0.368 e. The molecule has 1 aromatic carbocycles. The van der Waals surface area contributed by atoms with E-state index in [4.69, 9.17) is 5.26 Å². The van der Waals surface area contributed by atoms with E-state index in [-0.39, 0.29) is 11.3 Å².